The smallest absolute Gasteiger partial charge is 0.317 e. The Morgan fingerprint density at radius 3 is 2.59 bits per heavy atom. The van der Waals surface area contributed by atoms with E-state index in [0.717, 1.165) is 6.54 Å². The monoisotopic (exact) mass is 242 g/mol. The van der Waals surface area contributed by atoms with Crippen LogP contribution in [0, 0.1) is 5.92 Å². The van der Waals surface area contributed by atoms with Crippen LogP contribution in [0.25, 0.3) is 0 Å². The predicted molar refractivity (Wildman–Crippen MR) is 64.9 cm³/mol. The zero-order valence-electron chi connectivity index (χ0n) is 10.4. The second-order valence-electron chi connectivity index (χ2n) is 4.76. The highest BCUT2D eigenvalue weighted by Gasteiger charge is 2.19. The molecule has 0 atom stereocenters. The second-order valence-corrected chi connectivity index (χ2v) is 4.76. The van der Waals surface area contributed by atoms with Gasteiger partial charge in [0.05, 0.1) is 0 Å². The van der Waals surface area contributed by atoms with Gasteiger partial charge in [0.15, 0.2) is 0 Å². The van der Waals surface area contributed by atoms with Gasteiger partial charge in [0.25, 0.3) is 0 Å². The second kappa shape index (κ2) is 7.14. The molecule has 0 aromatic rings. The Morgan fingerprint density at radius 2 is 2.00 bits per heavy atom. The first kappa shape index (κ1) is 13.8. The summed E-state index contributed by atoms with van der Waals surface area (Å²) in [4.78, 5) is 23.6. The van der Waals surface area contributed by atoms with Crippen LogP contribution in [0.2, 0.25) is 0 Å². The minimum Gasteiger partial charge on any atom is -0.481 e. The molecule has 0 aromatic heterocycles. The van der Waals surface area contributed by atoms with Crippen molar-refractivity contribution in [3.05, 3.63) is 0 Å². The summed E-state index contributed by atoms with van der Waals surface area (Å²) in [5.41, 5.74) is 0. The van der Waals surface area contributed by atoms with Crippen molar-refractivity contribution in [2.75, 3.05) is 20.1 Å². The molecule has 0 spiro atoms. The minimum absolute atomic E-state index is 0.0951. The van der Waals surface area contributed by atoms with Gasteiger partial charge in [0.1, 0.15) is 0 Å². The van der Waals surface area contributed by atoms with E-state index in [4.69, 9.17) is 5.11 Å². The van der Waals surface area contributed by atoms with Gasteiger partial charge >= 0.3 is 12.0 Å². The molecule has 0 saturated heterocycles. The van der Waals surface area contributed by atoms with E-state index in [2.05, 4.69) is 5.32 Å². The maximum absolute atomic E-state index is 11.6. The Kier molecular flexibility index (Phi) is 5.80. The molecule has 17 heavy (non-hydrogen) atoms. The molecule has 0 heterocycles. The molecule has 0 aliphatic heterocycles. The Labute approximate surface area is 102 Å². The van der Waals surface area contributed by atoms with Crippen molar-refractivity contribution in [3.8, 4) is 0 Å². The van der Waals surface area contributed by atoms with Crippen LogP contribution in [0.3, 0.4) is 0 Å². The fourth-order valence-electron chi connectivity index (χ4n) is 2.23. The summed E-state index contributed by atoms with van der Waals surface area (Å²) in [5, 5.41) is 11.2. The molecule has 1 saturated carbocycles. The van der Waals surface area contributed by atoms with Crippen LogP contribution >= 0.6 is 0 Å². The zero-order chi connectivity index (χ0) is 12.7. The maximum atomic E-state index is 11.6. The maximum Gasteiger partial charge on any atom is 0.317 e. The van der Waals surface area contributed by atoms with Gasteiger partial charge in [-0.25, -0.2) is 4.79 Å². The van der Waals surface area contributed by atoms with E-state index in [-0.39, 0.29) is 12.5 Å². The zero-order valence-corrected chi connectivity index (χ0v) is 10.4. The molecule has 5 heteroatoms. The lowest BCUT2D eigenvalue weighted by Gasteiger charge is -2.21. The molecule has 2 N–H and O–H groups in total. The van der Waals surface area contributed by atoms with Crippen molar-refractivity contribution in [3.63, 3.8) is 0 Å². The molecule has 0 bridgehead atoms. The topological polar surface area (TPSA) is 69.6 Å². The number of hydrogen-bond acceptors (Lipinski definition) is 2. The van der Waals surface area contributed by atoms with Crippen LogP contribution < -0.4 is 5.32 Å². The number of carboxylic acid groups (broad SMARTS) is 1. The number of carbonyl (C=O) groups is 2. The van der Waals surface area contributed by atoms with Gasteiger partial charge in [-0.3, -0.25) is 4.79 Å². The molecule has 1 aliphatic carbocycles. The summed E-state index contributed by atoms with van der Waals surface area (Å²) < 4.78 is 0. The van der Waals surface area contributed by atoms with Gasteiger partial charge in [0.2, 0.25) is 0 Å². The van der Waals surface area contributed by atoms with Crippen molar-refractivity contribution >= 4 is 12.0 Å². The molecule has 98 valence electrons. The first-order valence-electron chi connectivity index (χ1n) is 6.30. The Balaban J connectivity index is 2.11. The van der Waals surface area contributed by atoms with Crippen LogP contribution in [-0.2, 0) is 4.79 Å². The van der Waals surface area contributed by atoms with E-state index in [1.54, 1.807) is 11.9 Å². The lowest BCUT2D eigenvalue weighted by Crippen LogP contribution is -2.40. The van der Waals surface area contributed by atoms with Crippen molar-refractivity contribution in [2.24, 2.45) is 5.92 Å². The number of hydrogen-bond donors (Lipinski definition) is 2. The molecular formula is C12H22N2O3. The first-order valence-corrected chi connectivity index (χ1v) is 6.30. The van der Waals surface area contributed by atoms with Crippen molar-refractivity contribution in [1.29, 1.82) is 0 Å². The van der Waals surface area contributed by atoms with Crippen LogP contribution in [-0.4, -0.2) is 42.1 Å². The van der Waals surface area contributed by atoms with Gasteiger partial charge in [-0.1, -0.05) is 12.8 Å². The normalized spacial score (nSPS) is 15.8. The Hall–Kier alpha value is -1.26. The third kappa shape index (κ3) is 5.56. The highest BCUT2D eigenvalue weighted by Crippen LogP contribution is 2.24. The quantitative estimate of drug-likeness (QED) is 0.696. The van der Waals surface area contributed by atoms with E-state index >= 15 is 0 Å². The summed E-state index contributed by atoms with van der Waals surface area (Å²) >= 11 is 0. The molecule has 0 radical (unpaired) electrons. The molecule has 0 unspecified atom stereocenters. The summed E-state index contributed by atoms with van der Waals surface area (Å²) in [6.07, 6.45) is 5.58. The molecular weight excluding hydrogens is 220 g/mol. The van der Waals surface area contributed by atoms with Crippen molar-refractivity contribution in [2.45, 2.75) is 38.5 Å². The third-order valence-electron chi connectivity index (χ3n) is 3.20. The average Bonchev–Trinajstić information content (AvgIpc) is 2.76. The molecule has 5 nitrogen and oxygen atoms in total. The molecule has 1 fully saturated rings. The lowest BCUT2D eigenvalue weighted by molar-refractivity contribution is -0.137. The summed E-state index contributed by atoms with van der Waals surface area (Å²) in [6, 6.07) is -0.0951. The van der Waals surface area contributed by atoms with E-state index in [9.17, 15) is 9.59 Å². The van der Waals surface area contributed by atoms with Crippen molar-refractivity contribution < 1.29 is 14.7 Å². The largest absolute Gasteiger partial charge is 0.481 e. The van der Waals surface area contributed by atoms with E-state index < -0.39 is 5.97 Å². The highest BCUT2D eigenvalue weighted by atomic mass is 16.4. The SMILES string of the molecule is CN(CC1CCCC1)C(=O)NCCCC(=O)O. The van der Waals surface area contributed by atoms with Gasteiger partial charge < -0.3 is 15.3 Å². The molecule has 1 rings (SSSR count). The molecule has 1 aliphatic rings. The number of urea groups is 1. The molecule has 2 amide bonds. The van der Waals surface area contributed by atoms with Crippen LogP contribution in [0.4, 0.5) is 4.79 Å². The number of carboxylic acids is 1. The van der Waals surface area contributed by atoms with Crippen LogP contribution in [0.5, 0.6) is 0 Å². The number of nitrogens with one attached hydrogen (secondary N) is 1. The minimum atomic E-state index is -0.821. The first-order chi connectivity index (χ1) is 8.09. The summed E-state index contributed by atoms with van der Waals surface area (Å²) in [7, 11) is 1.80. The number of rotatable bonds is 6. The van der Waals surface area contributed by atoms with Crippen LogP contribution in [0.1, 0.15) is 38.5 Å². The fraction of sp³-hybridized carbons (Fsp3) is 0.833. The van der Waals surface area contributed by atoms with E-state index in [0.29, 0.717) is 18.9 Å². The Morgan fingerprint density at radius 1 is 1.35 bits per heavy atom. The molecule has 0 aromatic carbocycles. The third-order valence-corrected chi connectivity index (χ3v) is 3.20. The fourth-order valence-corrected chi connectivity index (χ4v) is 2.23. The van der Waals surface area contributed by atoms with Crippen molar-refractivity contribution in [1.82, 2.24) is 10.2 Å². The summed E-state index contributed by atoms with van der Waals surface area (Å²) in [6.45, 7) is 1.24. The van der Waals surface area contributed by atoms with Crippen LogP contribution in [0.15, 0.2) is 0 Å². The highest BCUT2D eigenvalue weighted by molar-refractivity contribution is 5.73. The van der Waals surface area contributed by atoms with Gasteiger partial charge in [-0.2, -0.15) is 0 Å². The van der Waals surface area contributed by atoms with Gasteiger partial charge in [-0.15, -0.1) is 0 Å². The number of carbonyl (C=O) groups excluding carboxylic acids is 1. The van der Waals surface area contributed by atoms with Gasteiger partial charge in [-0.05, 0) is 25.2 Å². The predicted octanol–water partition coefficient (Wildman–Crippen LogP) is 1.68. The standard InChI is InChI=1S/C12H22N2O3/c1-14(9-10-5-2-3-6-10)12(17)13-8-4-7-11(15)16/h10H,2-9H2,1H3,(H,13,17)(H,15,16). The van der Waals surface area contributed by atoms with E-state index in [1.165, 1.54) is 25.7 Å². The number of amides is 2. The van der Waals surface area contributed by atoms with E-state index in [1.807, 2.05) is 0 Å². The lowest BCUT2D eigenvalue weighted by atomic mass is 10.1. The Bertz CT molecular complexity index is 262. The van der Waals surface area contributed by atoms with Gasteiger partial charge in [0, 0.05) is 26.6 Å². The summed E-state index contributed by atoms with van der Waals surface area (Å²) in [5.74, 6) is -0.177. The average molecular weight is 242 g/mol. The number of aliphatic carboxylic acids is 1. The number of nitrogens with zero attached hydrogens (tertiary/aromatic N) is 1.